The van der Waals surface area contributed by atoms with E-state index in [-0.39, 0.29) is 43.2 Å². The van der Waals surface area contributed by atoms with E-state index in [1.807, 2.05) is 6.92 Å². The molecule has 0 aromatic carbocycles. The number of nitrogens with one attached hydrogen (secondary N) is 2. The number of nitrogens with two attached hydrogens (primary N) is 1. The fourth-order valence-corrected chi connectivity index (χ4v) is 4.25. The van der Waals surface area contributed by atoms with Crippen molar-refractivity contribution < 1.29 is 22.8 Å². The second-order valence-corrected chi connectivity index (χ2v) is 7.98. The molecule has 0 spiro atoms. The number of aromatic nitrogens is 3. The van der Waals surface area contributed by atoms with Crippen molar-refractivity contribution in [1.82, 2.24) is 20.1 Å². The Morgan fingerprint density at radius 1 is 1.31 bits per heavy atom. The summed E-state index contributed by atoms with van der Waals surface area (Å²) in [5, 5.41) is 9.41. The average Bonchev–Trinajstić information content (AvgIpc) is 3.33. The van der Waals surface area contributed by atoms with Gasteiger partial charge in [-0.25, -0.2) is 4.98 Å². The minimum Gasteiger partial charge on any atom is -0.383 e. The summed E-state index contributed by atoms with van der Waals surface area (Å²) < 4.78 is 41.0. The van der Waals surface area contributed by atoms with Crippen LogP contribution in [-0.2, 0) is 9.59 Å². The molecule has 2 fully saturated rings. The Balaban J connectivity index is 1.58. The number of hydrogen-bond acceptors (Lipinski definition) is 5. The minimum atomic E-state index is -4.41. The summed E-state index contributed by atoms with van der Waals surface area (Å²) in [6.07, 6.45) is -0.920. The Bertz CT molecular complexity index is 968. The number of aromatic amines is 1. The van der Waals surface area contributed by atoms with Crippen LogP contribution in [0.5, 0.6) is 0 Å². The number of nitrogens with zero attached hydrogens (tertiary/aromatic N) is 3. The van der Waals surface area contributed by atoms with E-state index in [1.165, 1.54) is 12.4 Å². The van der Waals surface area contributed by atoms with E-state index in [9.17, 15) is 22.8 Å². The van der Waals surface area contributed by atoms with Crippen molar-refractivity contribution in [3.63, 3.8) is 0 Å². The third-order valence-corrected chi connectivity index (χ3v) is 6.03. The molecule has 4 N–H and O–H groups in total. The highest BCUT2D eigenvalue weighted by atomic mass is 19.4. The molecule has 8 nitrogen and oxygen atoms in total. The molecule has 1 aliphatic carbocycles. The molecule has 2 atom stereocenters. The lowest BCUT2D eigenvalue weighted by Crippen LogP contribution is -2.56. The summed E-state index contributed by atoms with van der Waals surface area (Å²) in [6, 6.07) is -1.02. The number of anilines is 2. The van der Waals surface area contributed by atoms with Crippen molar-refractivity contribution in [2.24, 2.45) is 11.3 Å². The van der Waals surface area contributed by atoms with Crippen LogP contribution in [0.2, 0.25) is 0 Å². The molecule has 4 rings (SSSR count). The number of hydrogen-bond donors (Lipinski definition) is 3. The second kappa shape index (κ2) is 6.60. The summed E-state index contributed by atoms with van der Waals surface area (Å²) in [7, 11) is 0. The normalized spacial score (nSPS) is 23.8. The van der Waals surface area contributed by atoms with Gasteiger partial charge in [0.2, 0.25) is 0 Å². The molecule has 1 saturated carbocycles. The Morgan fingerprint density at radius 3 is 2.69 bits per heavy atom. The lowest BCUT2D eigenvalue weighted by molar-refractivity contribution is -0.210. The van der Waals surface area contributed by atoms with E-state index in [0.29, 0.717) is 17.3 Å². The van der Waals surface area contributed by atoms with E-state index >= 15 is 0 Å². The van der Waals surface area contributed by atoms with Gasteiger partial charge in [-0.3, -0.25) is 14.7 Å². The summed E-state index contributed by atoms with van der Waals surface area (Å²) in [5.74, 6) is -1.76. The fraction of sp³-hybridized carbons (Fsp3) is 0.556. The fourth-order valence-electron chi connectivity index (χ4n) is 4.25. The van der Waals surface area contributed by atoms with Gasteiger partial charge < -0.3 is 16.0 Å². The van der Waals surface area contributed by atoms with Gasteiger partial charge in [0.25, 0.3) is 0 Å². The molecule has 2 unspecified atom stereocenters. The molecule has 156 valence electrons. The first-order chi connectivity index (χ1) is 13.6. The van der Waals surface area contributed by atoms with E-state index in [4.69, 9.17) is 5.73 Å². The zero-order chi connectivity index (χ0) is 21.0. The Labute approximate surface area is 164 Å². The number of carbonyl (C=O) groups excluding carboxylic acids is 2. The van der Waals surface area contributed by atoms with Crippen molar-refractivity contribution in [2.45, 2.75) is 44.8 Å². The first kappa shape index (κ1) is 19.5. The number of alkyl halides is 3. The molecule has 0 radical (unpaired) electrons. The zero-order valence-electron chi connectivity index (χ0n) is 15.7. The molecule has 2 aromatic rings. The van der Waals surface area contributed by atoms with Crippen molar-refractivity contribution >= 4 is 34.2 Å². The highest BCUT2D eigenvalue weighted by Crippen LogP contribution is 2.62. The predicted molar refractivity (Wildman–Crippen MR) is 98.6 cm³/mol. The van der Waals surface area contributed by atoms with E-state index in [1.54, 1.807) is 0 Å². The molecule has 29 heavy (non-hydrogen) atoms. The second-order valence-electron chi connectivity index (χ2n) is 7.98. The van der Waals surface area contributed by atoms with Gasteiger partial charge in [-0.05, 0) is 31.6 Å². The van der Waals surface area contributed by atoms with Gasteiger partial charge in [0.15, 0.2) is 0 Å². The van der Waals surface area contributed by atoms with E-state index in [0.717, 1.165) is 4.90 Å². The van der Waals surface area contributed by atoms with E-state index in [2.05, 4.69) is 20.5 Å². The van der Waals surface area contributed by atoms with Crippen LogP contribution in [-0.4, -0.2) is 50.7 Å². The molecular formula is C18H21F3N6O2. The van der Waals surface area contributed by atoms with Crippen molar-refractivity contribution in [2.75, 3.05) is 17.6 Å². The van der Waals surface area contributed by atoms with Crippen LogP contribution < -0.4 is 11.1 Å². The van der Waals surface area contributed by atoms with E-state index < -0.39 is 29.4 Å². The highest BCUT2D eigenvalue weighted by Gasteiger charge is 2.69. The number of amides is 2. The molecule has 2 aliphatic rings. The lowest BCUT2D eigenvalue weighted by atomic mass is 9.83. The predicted octanol–water partition coefficient (Wildman–Crippen LogP) is 2.45. The van der Waals surface area contributed by atoms with Gasteiger partial charge in [0, 0.05) is 12.6 Å². The van der Waals surface area contributed by atoms with Gasteiger partial charge >= 0.3 is 18.0 Å². The summed E-state index contributed by atoms with van der Waals surface area (Å²) >= 11 is 0. The number of rotatable bonds is 2. The first-order valence-electron chi connectivity index (χ1n) is 9.40. The Kier molecular flexibility index (Phi) is 4.43. The van der Waals surface area contributed by atoms with Gasteiger partial charge in [-0.2, -0.15) is 18.3 Å². The number of likely N-dealkylation sites (tertiary alicyclic amines) is 1. The number of H-pyrrole nitrogens is 1. The number of halogens is 3. The molecule has 11 heteroatoms. The Hall–Kier alpha value is -2.85. The quantitative estimate of drug-likeness (QED) is 0.658. The molecule has 1 saturated heterocycles. The Morgan fingerprint density at radius 2 is 2.03 bits per heavy atom. The lowest BCUT2D eigenvalue weighted by Gasteiger charge is -2.43. The monoisotopic (exact) mass is 410 g/mol. The smallest absolute Gasteiger partial charge is 0.383 e. The van der Waals surface area contributed by atoms with Crippen LogP contribution >= 0.6 is 0 Å². The zero-order valence-corrected chi connectivity index (χ0v) is 15.7. The third kappa shape index (κ3) is 3.18. The largest absolute Gasteiger partial charge is 0.396 e. The summed E-state index contributed by atoms with van der Waals surface area (Å²) in [4.78, 5) is 30.6. The molecule has 3 heterocycles. The van der Waals surface area contributed by atoms with Crippen LogP contribution in [0.15, 0.2) is 12.4 Å². The van der Waals surface area contributed by atoms with Crippen LogP contribution in [0.25, 0.3) is 10.9 Å². The van der Waals surface area contributed by atoms with Crippen LogP contribution in [0.3, 0.4) is 0 Å². The first-order valence-corrected chi connectivity index (χ1v) is 9.40. The van der Waals surface area contributed by atoms with Gasteiger partial charge in [0.05, 0.1) is 34.4 Å². The molecule has 0 bridgehead atoms. The summed E-state index contributed by atoms with van der Waals surface area (Å²) in [5.41, 5.74) is 4.41. The molecular weight excluding hydrogens is 389 g/mol. The number of carbonyl (C=O) groups is 2. The van der Waals surface area contributed by atoms with Crippen molar-refractivity contribution in [3.05, 3.63) is 12.4 Å². The van der Waals surface area contributed by atoms with Crippen LogP contribution in [0.4, 0.5) is 24.7 Å². The maximum Gasteiger partial charge on any atom is 0.396 e. The highest BCUT2D eigenvalue weighted by molar-refractivity contribution is 6.40. The SMILES string of the molecule is CC1CCC(C2(C(F)(F)F)CC2)N(C(=O)C(=O)Nc2cnc(N)c3cn[nH]c23)C1. The molecule has 1 aliphatic heterocycles. The maximum absolute atomic E-state index is 13.7. The van der Waals surface area contributed by atoms with Crippen molar-refractivity contribution in [1.29, 1.82) is 0 Å². The average molecular weight is 410 g/mol. The van der Waals surface area contributed by atoms with Crippen LogP contribution in [0.1, 0.15) is 32.6 Å². The standard InChI is InChI=1S/C18H21F3N6O2/c1-9-2-3-12(17(4-5-17)18(19,20)21)27(8-9)16(29)15(28)25-11-7-23-14(22)10-6-24-26-13(10)11/h6-7,9,12H,2-5,8H2,1H3,(H2,22,23)(H,24,26)(H,25,28). The third-order valence-electron chi connectivity index (χ3n) is 6.03. The van der Waals surface area contributed by atoms with Gasteiger partial charge in [-0.15, -0.1) is 0 Å². The topological polar surface area (TPSA) is 117 Å². The number of piperidine rings is 1. The van der Waals surface area contributed by atoms with Gasteiger partial charge in [-0.1, -0.05) is 6.92 Å². The van der Waals surface area contributed by atoms with Crippen molar-refractivity contribution in [3.8, 4) is 0 Å². The minimum absolute atomic E-state index is 0.0163. The molecule has 2 aromatic heterocycles. The molecule has 2 amide bonds. The van der Waals surface area contributed by atoms with Gasteiger partial charge in [0.1, 0.15) is 5.82 Å². The number of pyridine rings is 1. The number of fused-ring (bicyclic) bond motifs is 1. The number of nitrogen functional groups attached to an aromatic ring is 1. The summed E-state index contributed by atoms with van der Waals surface area (Å²) in [6.45, 7) is 1.98. The van der Waals surface area contributed by atoms with Crippen LogP contribution in [0, 0.1) is 11.3 Å². The maximum atomic E-state index is 13.7.